The first kappa shape index (κ1) is 15.8. The Balaban J connectivity index is 1.72. The van der Waals surface area contributed by atoms with E-state index in [1.165, 1.54) is 11.6 Å². The number of hydrogen-bond donors (Lipinski definition) is 1. The summed E-state index contributed by atoms with van der Waals surface area (Å²) in [5, 5.41) is 2.80. The highest BCUT2D eigenvalue weighted by Gasteiger charge is 2.00. The molecule has 2 aromatic carbocycles. The molecule has 1 amide bonds. The summed E-state index contributed by atoms with van der Waals surface area (Å²) >= 11 is 0. The predicted octanol–water partition coefficient (Wildman–Crippen LogP) is 3.51. The van der Waals surface area contributed by atoms with Crippen molar-refractivity contribution in [1.82, 2.24) is 5.32 Å². The van der Waals surface area contributed by atoms with Crippen molar-refractivity contribution >= 4 is 12.0 Å². The highest BCUT2D eigenvalue weighted by Crippen LogP contribution is 2.18. The molecule has 0 aliphatic carbocycles. The highest BCUT2D eigenvalue weighted by atomic mass is 16.5. The van der Waals surface area contributed by atoms with Gasteiger partial charge in [-0.05, 0) is 37.1 Å². The number of carbonyl (C=O) groups is 1. The quantitative estimate of drug-likeness (QED) is 0.654. The maximum Gasteiger partial charge on any atom is 0.244 e. The van der Waals surface area contributed by atoms with Crippen LogP contribution in [0, 0.1) is 13.8 Å². The number of ether oxygens (including phenoxy) is 1. The summed E-state index contributed by atoms with van der Waals surface area (Å²) in [6, 6.07) is 15.8. The fraction of sp³-hybridized carbons (Fsp3) is 0.211. The van der Waals surface area contributed by atoms with Gasteiger partial charge in [-0.1, -0.05) is 48.0 Å². The molecule has 0 radical (unpaired) electrons. The number of benzene rings is 2. The molecular weight excluding hydrogens is 274 g/mol. The molecule has 0 aliphatic heterocycles. The molecule has 0 saturated carbocycles. The van der Waals surface area contributed by atoms with Crippen LogP contribution in [0.4, 0.5) is 0 Å². The molecule has 3 nitrogen and oxygen atoms in total. The highest BCUT2D eigenvalue weighted by molar-refractivity contribution is 5.91. The first-order valence-corrected chi connectivity index (χ1v) is 7.36. The third kappa shape index (κ3) is 5.09. The third-order valence-electron chi connectivity index (χ3n) is 3.22. The second-order valence-corrected chi connectivity index (χ2v) is 5.15. The van der Waals surface area contributed by atoms with Crippen LogP contribution in [0.25, 0.3) is 6.08 Å². The van der Waals surface area contributed by atoms with Gasteiger partial charge in [0.05, 0.1) is 6.54 Å². The maximum absolute atomic E-state index is 11.7. The SMILES string of the molecule is Cc1ccc(OCCNC(=O)/C=C/c2ccccc2)c(C)c1. The molecule has 1 N–H and O–H groups in total. The van der Waals surface area contributed by atoms with Crippen molar-refractivity contribution in [2.24, 2.45) is 0 Å². The van der Waals surface area contributed by atoms with Gasteiger partial charge in [-0.2, -0.15) is 0 Å². The minimum absolute atomic E-state index is 0.118. The van der Waals surface area contributed by atoms with E-state index >= 15 is 0 Å². The molecule has 0 aliphatic rings. The molecule has 2 rings (SSSR count). The molecule has 22 heavy (non-hydrogen) atoms. The molecule has 114 valence electrons. The van der Waals surface area contributed by atoms with Gasteiger partial charge < -0.3 is 10.1 Å². The van der Waals surface area contributed by atoms with Gasteiger partial charge in [0.1, 0.15) is 12.4 Å². The average molecular weight is 295 g/mol. The lowest BCUT2D eigenvalue weighted by Crippen LogP contribution is -2.26. The first-order chi connectivity index (χ1) is 10.6. The first-order valence-electron chi connectivity index (χ1n) is 7.36. The summed E-state index contributed by atoms with van der Waals surface area (Å²) in [6.45, 7) is 5.00. The van der Waals surface area contributed by atoms with E-state index in [4.69, 9.17) is 4.74 Å². The van der Waals surface area contributed by atoms with Crippen LogP contribution >= 0.6 is 0 Å². The Morgan fingerprint density at radius 1 is 1.14 bits per heavy atom. The summed E-state index contributed by atoms with van der Waals surface area (Å²) in [6.07, 6.45) is 3.33. The Morgan fingerprint density at radius 2 is 1.91 bits per heavy atom. The van der Waals surface area contributed by atoms with Crippen LogP contribution in [0.1, 0.15) is 16.7 Å². The summed E-state index contributed by atoms with van der Waals surface area (Å²) in [5.41, 5.74) is 3.32. The molecule has 2 aromatic rings. The fourth-order valence-electron chi connectivity index (χ4n) is 2.09. The largest absolute Gasteiger partial charge is 0.491 e. The van der Waals surface area contributed by atoms with Gasteiger partial charge in [0, 0.05) is 6.08 Å². The second-order valence-electron chi connectivity index (χ2n) is 5.15. The van der Waals surface area contributed by atoms with Gasteiger partial charge in [0.2, 0.25) is 5.91 Å². The van der Waals surface area contributed by atoms with Gasteiger partial charge in [0.25, 0.3) is 0 Å². The van der Waals surface area contributed by atoms with E-state index in [9.17, 15) is 4.79 Å². The molecule has 0 spiro atoms. The Morgan fingerprint density at radius 3 is 2.64 bits per heavy atom. The molecular formula is C19H21NO2. The van der Waals surface area contributed by atoms with Crippen LogP contribution in [0.15, 0.2) is 54.6 Å². The average Bonchev–Trinajstić information content (AvgIpc) is 2.52. The zero-order valence-electron chi connectivity index (χ0n) is 13.0. The Kier molecular flexibility index (Phi) is 5.78. The summed E-state index contributed by atoms with van der Waals surface area (Å²) in [7, 11) is 0. The van der Waals surface area contributed by atoms with E-state index in [-0.39, 0.29) is 5.91 Å². The van der Waals surface area contributed by atoms with Crippen LogP contribution < -0.4 is 10.1 Å². The lowest BCUT2D eigenvalue weighted by atomic mass is 10.1. The molecule has 0 heterocycles. The van der Waals surface area contributed by atoms with E-state index in [2.05, 4.69) is 18.3 Å². The topological polar surface area (TPSA) is 38.3 Å². The van der Waals surface area contributed by atoms with Crippen molar-refractivity contribution in [1.29, 1.82) is 0 Å². The Labute approximate surface area is 131 Å². The van der Waals surface area contributed by atoms with Gasteiger partial charge >= 0.3 is 0 Å². The van der Waals surface area contributed by atoms with E-state index in [1.54, 1.807) is 6.08 Å². The summed E-state index contributed by atoms with van der Waals surface area (Å²) in [4.78, 5) is 11.7. The monoisotopic (exact) mass is 295 g/mol. The zero-order chi connectivity index (χ0) is 15.8. The van der Waals surface area contributed by atoms with Gasteiger partial charge in [-0.15, -0.1) is 0 Å². The van der Waals surface area contributed by atoms with Crippen molar-refractivity contribution < 1.29 is 9.53 Å². The number of rotatable bonds is 6. The van der Waals surface area contributed by atoms with Crippen molar-refractivity contribution in [3.05, 3.63) is 71.3 Å². The lowest BCUT2D eigenvalue weighted by molar-refractivity contribution is -0.116. The zero-order valence-corrected chi connectivity index (χ0v) is 13.0. The predicted molar refractivity (Wildman–Crippen MR) is 89.9 cm³/mol. The van der Waals surface area contributed by atoms with Crippen LogP contribution in [-0.2, 0) is 4.79 Å². The minimum Gasteiger partial charge on any atom is -0.491 e. The number of aryl methyl sites for hydroxylation is 2. The summed E-state index contributed by atoms with van der Waals surface area (Å²) in [5.74, 6) is 0.743. The molecule has 0 unspecified atom stereocenters. The minimum atomic E-state index is -0.118. The van der Waals surface area contributed by atoms with E-state index in [0.717, 1.165) is 16.9 Å². The van der Waals surface area contributed by atoms with Crippen molar-refractivity contribution in [3.63, 3.8) is 0 Å². The maximum atomic E-state index is 11.7. The number of hydrogen-bond acceptors (Lipinski definition) is 2. The van der Waals surface area contributed by atoms with E-state index < -0.39 is 0 Å². The van der Waals surface area contributed by atoms with Crippen molar-refractivity contribution in [2.45, 2.75) is 13.8 Å². The summed E-state index contributed by atoms with van der Waals surface area (Å²) < 4.78 is 5.67. The van der Waals surface area contributed by atoms with Crippen molar-refractivity contribution in [2.75, 3.05) is 13.2 Å². The third-order valence-corrected chi connectivity index (χ3v) is 3.22. The van der Waals surface area contributed by atoms with Crippen LogP contribution in [-0.4, -0.2) is 19.1 Å². The molecule has 0 saturated heterocycles. The number of carbonyl (C=O) groups excluding carboxylic acids is 1. The Bertz CT molecular complexity index is 648. The second kappa shape index (κ2) is 8.03. The van der Waals surface area contributed by atoms with Crippen molar-refractivity contribution in [3.8, 4) is 5.75 Å². The molecule has 3 heteroatoms. The standard InChI is InChI=1S/C19H21NO2/c1-15-8-10-18(16(2)14-15)22-13-12-20-19(21)11-9-17-6-4-3-5-7-17/h3-11,14H,12-13H2,1-2H3,(H,20,21)/b11-9+. The lowest BCUT2D eigenvalue weighted by Gasteiger charge is -2.09. The normalized spacial score (nSPS) is 10.6. The van der Waals surface area contributed by atoms with Gasteiger partial charge in [-0.3, -0.25) is 4.79 Å². The Hall–Kier alpha value is -2.55. The van der Waals surface area contributed by atoms with Crippen LogP contribution in [0.2, 0.25) is 0 Å². The molecule has 0 aromatic heterocycles. The molecule has 0 atom stereocenters. The van der Waals surface area contributed by atoms with Gasteiger partial charge in [0.15, 0.2) is 0 Å². The van der Waals surface area contributed by atoms with E-state index in [1.807, 2.05) is 49.4 Å². The molecule has 0 bridgehead atoms. The molecule has 0 fully saturated rings. The van der Waals surface area contributed by atoms with Crippen LogP contribution in [0.3, 0.4) is 0 Å². The fourth-order valence-corrected chi connectivity index (χ4v) is 2.09. The van der Waals surface area contributed by atoms with Gasteiger partial charge in [-0.25, -0.2) is 0 Å². The smallest absolute Gasteiger partial charge is 0.244 e. The van der Waals surface area contributed by atoms with Crippen LogP contribution in [0.5, 0.6) is 5.75 Å². The van der Waals surface area contributed by atoms with E-state index in [0.29, 0.717) is 13.2 Å². The number of amides is 1. The number of nitrogens with one attached hydrogen (secondary N) is 1.